The Balaban J connectivity index is 0.000000143. The van der Waals surface area contributed by atoms with Crippen molar-refractivity contribution in [3.63, 3.8) is 0 Å². The Hall–Kier alpha value is -6.56. The lowest BCUT2D eigenvalue weighted by molar-refractivity contribution is 0.256. The van der Waals surface area contributed by atoms with Crippen LogP contribution in [0.3, 0.4) is 0 Å². The number of aromatic nitrogens is 8. The maximum absolute atomic E-state index is 12.7. The summed E-state index contributed by atoms with van der Waals surface area (Å²) < 4.78 is 57.4. The van der Waals surface area contributed by atoms with Crippen LogP contribution in [0.4, 0.5) is 10.5 Å². The van der Waals surface area contributed by atoms with Crippen LogP contribution in [0.25, 0.3) is 0 Å². The van der Waals surface area contributed by atoms with E-state index < -0.39 is 26.1 Å². The highest BCUT2D eigenvalue weighted by molar-refractivity contribution is 7.90. The minimum absolute atomic E-state index is 0.163. The van der Waals surface area contributed by atoms with Gasteiger partial charge in [-0.05, 0) is 146 Å². The Morgan fingerprint density at radius 1 is 0.677 bits per heavy atom. The molecule has 4 heterocycles. The van der Waals surface area contributed by atoms with Crippen molar-refractivity contribution < 1.29 is 26.4 Å². The number of nitrogens with one attached hydrogen (secondary N) is 2. The minimum Gasteiger partial charge on any atom is -0.387 e. The zero-order valence-corrected chi connectivity index (χ0v) is 35.3. The Morgan fingerprint density at radius 2 is 1.11 bits per heavy atom. The first-order valence-electron chi connectivity index (χ1n) is 20.3. The van der Waals surface area contributed by atoms with Crippen LogP contribution in [0.15, 0.2) is 83.6 Å². The molecule has 2 aromatic carbocycles. The minimum atomic E-state index is -4.11. The summed E-state index contributed by atoms with van der Waals surface area (Å²) >= 11 is 0. The summed E-state index contributed by atoms with van der Waals surface area (Å²) in [5.74, 6) is 1.96. The summed E-state index contributed by atoms with van der Waals surface area (Å²) in [4.78, 5) is 28.8. The number of hydrogen-bond acceptors (Lipinski definition) is 13. The number of nitriles is 1. The zero-order valence-electron chi connectivity index (χ0n) is 33.7. The van der Waals surface area contributed by atoms with E-state index in [2.05, 4.69) is 52.3 Å². The SMILES string of the molecule is N#COc1c2c(cc3c1CCC3)CCC2.NS(=O)(=O)c1ccn(Cc2ncccn2)n1.O=C(Nc1c2c(cc3c1CCC3)CCC2)NS(=O)(=O)c1ccn(Cc2ncccn2)n1. The highest BCUT2D eigenvalue weighted by atomic mass is 32.2. The molecule has 0 unspecified atom stereocenters. The van der Waals surface area contributed by atoms with Crippen molar-refractivity contribution in [1.29, 1.82) is 5.26 Å². The normalized spacial score (nSPS) is 14.5. The molecule has 10 rings (SSSR count). The summed E-state index contributed by atoms with van der Waals surface area (Å²) in [6, 6.07) is 9.90. The molecule has 0 saturated heterocycles. The van der Waals surface area contributed by atoms with Crippen LogP contribution in [0, 0.1) is 11.5 Å². The lowest BCUT2D eigenvalue weighted by Gasteiger charge is -2.16. The van der Waals surface area contributed by atoms with Gasteiger partial charge in [0.25, 0.3) is 26.3 Å². The summed E-state index contributed by atoms with van der Waals surface area (Å²) in [6.45, 7) is 0.529. The maximum atomic E-state index is 12.7. The van der Waals surface area contributed by atoms with Gasteiger partial charge >= 0.3 is 6.03 Å². The van der Waals surface area contributed by atoms with Gasteiger partial charge in [0.15, 0.2) is 10.1 Å². The second-order valence-corrected chi connectivity index (χ2v) is 18.4. The van der Waals surface area contributed by atoms with Gasteiger partial charge in [0.1, 0.15) is 30.5 Å². The Labute approximate surface area is 358 Å². The number of carbonyl (C=O) groups excluding carboxylic acids is 1. The van der Waals surface area contributed by atoms with Crippen LogP contribution in [-0.4, -0.2) is 62.4 Å². The molecule has 0 bridgehead atoms. The summed E-state index contributed by atoms with van der Waals surface area (Å²) in [7, 11) is -7.86. The predicted molar refractivity (Wildman–Crippen MR) is 225 cm³/mol. The molecular formula is C42H44N12O6S2. The van der Waals surface area contributed by atoms with Crippen LogP contribution >= 0.6 is 0 Å². The highest BCUT2D eigenvalue weighted by Gasteiger charge is 2.28. The number of ether oxygens (including phenoxy) is 1. The lowest BCUT2D eigenvalue weighted by Crippen LogP contribution is -2.35. The molecule has 0 atom stereocenters. The third-order valence-electron chi connectivity index (χ3n) is 11.1. The highest BCUT2D eigenvalue weighted by Crippen LogP contribution is 2.40. The Kier molecular flexibility index (Phi) is 12.4. The van der Waals surface area contributed by atoms with Gasteiger partial charge in [-0.1, -0.05) is 12.1 Å². The van der Waals surface area contributed by atoms with E-state index >= 15 is 0 Å². The maximum Gasteiger partial charge on any atom is 0.333 e. The molecule has 0 radical (unpaired) electrons. The standard InChI is InChI=1S/C21H22N6O3S.C13H13NO.C8H9N5O2S/c28-21(24-20-16-6-1-4-14(16)12-15-5-2-7-17(15)20)26-31(29,30)19-8-11-27(25-19)13-18-22-9-3-10-23-18;14-8-15-13-11-5-1-3-9(11)7-10-4-2-6-12(10)13;9-16(14,15)8-2-5-13(12-8)6-7-10-3-1-4-11-7/h3,8-12H,1-2,4-7,13H2,(H2,24,26,28);7H,1-6H2;1-5H,6H2,(H2,9,14,15). The van der Waals surface area contributed by atoms with E-state index in [4.69, 9.17) is 15.1 Å². The fourth-order valence-electron chi connectivity index (χ4n) is 8.48. The summed E-state index contributed by atoms with van der Waals surface area (Å²) in [6.07, 6.45) is 24.1. The number of carbonyl (C=O) groups is 1. The second kappa shape index (κ2) is 18.2. The molecule has 4 aromatic heterocycles. The van der Waals surface area contributed by atoms with Crippen molar-refractivity contribution in [2.24, 2.45) is 5.14 Å². The van der Waals surface area contributed by atoms with Crippen LogP contribution in [-0.2, 0) is 84.5 Å². The van der Waals surface area contributed by atoms with E-state index in [1.54, 1.807) is 36.9 Å². The molecule has 0 spiro atoms. The molecule has 0 fully saturated rings. The first-order chi connectivity index (χ1) is 29.9. The number of anilines is 1. The Bertz CT molecular complexity index is 2810. The molecule has 2 amide bonds. The number of benzene rings is 2. The van der Waals surface area contributed by atoms with Crippen molar-refractivity contribution >= 4 is 31.8 Å². The number of nitrogens with two attached hydrogens (primary N) is 1. The second-order valence-electron chi connectivity index (χ2n) is 15.3. The monoisotopic (exact) mass is 876 g/mol. The van der Waals surface area contributed by atoms with Gasteiger partial charge < -0.3 is 10.1 Å². The molecular weight excluding hydrogens is 833 g/mol. The van der Waals surface area contributed by atoms with Crippen LogP contribution in [0.5, 0.6) is 5.75 Å². The Morgan fingerprint density at radius 3 is 1.56 bits per heavy atom. The average molecular weight is 877 g/mol. The number of fused-ring (bicyclic) bond motifs is 4. The number of hydrogen-bond donors (Lipinski definition) is 3. The predicted octanol–water partition coefficient (Wildman–Crippen LogP) is 4.10. The van der Waals surface area contributed by atoms with Gasteiger partial charge in [-0.15, -0.1) is 5.26 Å². The van der Waals surface area contributed by atoms with Crippen molar-refractivity contribution in [3.8, 4) is 12.0 Å². The van der Waals surface area contributed by atoms with Crippen molar-refractivity contribution in [3.05, 3.63) is 130 Å². The molecule has 20 heteroatoms. The largest absolute Gasteiger partial charge is 0.387 e. The molecule has 0 saturated carbocycles. The summed E-state index contributed by atoms with van der Waals surface area (Å²) in [5, 5.41) is 23.9. The van der Waals surface area contributed by atoms with E-state index in [1.807, 2.05) is 6.26 Å². The number of aryl methyl sites for hydroxylation is 4. The smallest absolute Gasteiger partial charge is 0.333 e. The van der Waals surface area contributed by atoms with Gasteiger partial charge in [0.05, 0.1) is 0 Å². The molecule has 4 N–H and O–H groups in total. The first-order valence-corrected chi connectivity index (χ1v) is 23.3. The molecule has 62 heavy (non-hydrogen) atoms. The molecule has 18 nitrogen and oxygen atoms in total. The van der Waals surface area contributed by atoms with Crippen LogP contribution in [0.2, 0.25) is 0 Å². The number of amides is 2. The molecule has 4 aliphatic carbocycles. The number of rotatable bonds is 9. The van der Waals surface area contributed by atoms with E-state index in [-0.39, 0.29) is 16.6 Å². The van der Waals surface area contributed by atoms with Crippen LogP contribution < -0.4 is 19.9 Å². The van der Waals surface area contributed by atoms with Gasteiger partial charge in [-0.2, -0.15) is 18.6 Å². The number of nitrogens with zero attached hydrogens (tertiary/aromatic N) is 9. The fourth-order valence-corrected chi connectivity index (χ4v) is 9.80. The van der Waals surface area contributed by atoms with Gasteiger partial charge in [-0.25, -0.2) is 43.0 Å². The van der Waals surface area contributed by atoms with Crippen molar-refractivity contribution in [2.75, 3.05) is 5.32 Å². The number of sulfonamides is 2. The molecule has 4 aliphatic rings. The van der Waals surface area contributed by atoms with Gasteiger partial charge in [0, 0.05) is 42.9 Å². The fraction of sp³-hybridized carbons (Fsp3) is 0.333. The molecule has 0 aliphatic heterocycles. The van der Waals surface area contributed by atoms with Crippen molar-refractivity contribution in [1.82, 2.24) is 44.2 Å². The van der Waals surface area contributed by atoms with E-state index in [9.17, 15) is 21.6 Å². The quantitative estimate of drug-likeness (QED) is 0.173. The van der Waals surface area contributed by atoms with E-state index in [0.29, 0.717) is 18.2 Å². The molecule has 6 aromatic rings. The van der Waals surface area contributed by atoms with Gasteiger partial charge in [0.2, 0.25) is 0 Å². The van der Waals surface area contributed by atoms with E-state index in [0.717, 1.165) is 86.8 Å². The lowest BCUT2D eigenvalue weighted by atomic mass is 9.99. The molecule has 320 valence electrons. The van der Waals surface area contributed by atoms with Crippen molar-refractivity contribution in [2.45, 2.75) is 100 Å². The van der Waals surface area contributed by atoms with Crippen LogP contribution in [0.1, 0.15) is 81.8 Å². The topological polar surface area (TPSA) is 256 Å². The zero-order chi connectivity index (χ0) is 43.3. The first kappa shape index (κ1) is 42.1. The number of primary sulfonamides is 1. The summed E-state index contributed by atoms with van der Waals surface area (Å²) in [5.41, 5.74) is 11.0. The van der Waals surface area contributed by atoms with E-state index in [1.165, 1.54) is 80.1 Å². The third-order valence-corrected chi connectivity index (χ3v) is 13.2. The average Bonchev–Trinajstić information content (AvgIpc) is 4.11. The van der Waals surface area contributed by atoms with Gasteiger partial charge in [-0.3, -0.25) is 9.36 Å². The third kappa shape index (κ3) is 9.64. The number of urea groups is 1.